The first-order valence-corrected chi connectivity index (χ1v) is 7.30. The Bertz CT molecular complexity index is 904. The minimum absolute atomic E-state index is 0.0485. The highest BCUT2D eigenvalue weighted by atomic mass is 35.5. The van der Waals surface area contributed by atoms with Crippen LogP contribution < -0.4 is 0 Å². The Labute approximate surface area is 136 Å². The van der Waals surface area contributed by atoms with E-state index in [0.717, 1.165) is 30.7 Å². The number of alkyl halides is 3. The predicted molar refractivity (Wildman–Crippen MR) is 77.7 cm³/mol. The average molecular weight is 362 g/mol. The van der Waals surface area contributed by atoms with Gasteiger partial charge in [-0.15, -0.1) is 11.3 Å². The molecule has 0 saturated heterocycles. The monoisotopic (exact) mass is 361 g/mol. The summed E-state index contributed by atoms with van der Waals surface area (Å²) < 4.78 is 45.4. The topological polar surface area (TPSA) is 56.5 Å². The Kier molecular flexibility index (Phi) is 3.77. The number of carbonyl (C=O) groups excluding carboxylic acids is 1. The minimum atomic E-state index is -4.67. The molecule has 10 heteroatoms. The second kappa shape index (κ2) is 5.50. The number of thiophene rings is 1. The van der Waals surface area contributed by atoms with E-state index < -0.39 is 17.8 Å². The van der Waals surface area contributed by atoms with Crippen molar-refractivity contribution >= 4 is 34.6 Å². The summed E-state index contributed by atoms with van der Waals surface area (Å²) in [4.78, 5) is 16.2. The third-order valence-electron chi connectivity index (χ3n) is 2.99. The lowest BCUT2D eigenvalue weighted by Crippen LogP contribution is -2.14. The number of methoxy groups -OCH3 is 1. The molecule has 0 N–H and O–H groups in total. The van der Waals surface area contributed by atoms with Gasteiger partial charge in [-0.3, -0.25) is 0 Å². The summed E-state index contributed by atoms with van der Waals surface area (Å²) >= 11 is 6.90. The summed E-state index contributed by atoms with van der Waals surface area (Å²) in [5.41, 5.74) is -1.38. The Balaban J connectivity index is 2.32. The fourth-order valence-corrected chi connectivity index (χ4v) is 3.00. The lowest BCUT2D eigenvalue weighted by Gasteiger charge is -2.10. The standard InChI is InChI=1S/C13H7ClF3N3O2S/c1-22-12(21)6-5-18-20-9(13(15,16)17)4-7(19-11(6)20)8-2-3-10(14)23-8/h2-5H,1H3. The number of hydrogen-bond donors (Lipinski definition) is 0. The van der Waals surface area contributed by atoms with E-state index in [1.165, 1.54) is 0 Å². The highest BCUT2D eigenvalue weighted by Gasteiger charge is 2.36. The van der Waals surface area contributed by atoms with Gasteiger partial charge in [0.05, 0.1) is 28.2 Å². The molecule has 0 fully saturated rings. The smallest absolute Gasteiger partial charge is 0.433 e. The Morgan fingerprint density at radius 3 is 2.70 bits per heavy atom. The van der Waals surface area contributed by atoms with Gasteiger partial charge in [0.15, 0.2) is 11.3 Å². The van der Waals surface area contributed by atoms with Crippen LogP contribution in [0.2, 0.25) is 4.34 Å². The molecule has 0 amide bonds. The van der Waals surface area contributed by atoms with Crippen LogP contribution >= 0.6 is 22.9 Å². The second-order valence-electron chi connectivity index (χ2n) is 4.41. The number of carbonyl (C=O) groups is 1. The first-order valence-electron chi connectivity index (χ1n) is 6.11. The highest BCUT2D eigenvalue weighted by molar-refractivity contribution is 7.19. The zero-order chi connectivity index (χ0) is 16.8. The summed E-state index contributed by atoms with van der Waals surface area (Å²) in [6.07, 6.45) is -3.68. The van der Waals surface area contributed by atoms with Gasteiger partial charge in [-0.2, -0.15) is 18.3 Å². The molecule has 0 saturated carbocycles. The number of hydrogen-bond acceptors (Lipinski definition) is 5. The zero-order valence-electron chi connectivity index (χ0n) is 11.4. The van der Waals surface area contributed by atoms with Crippen molar-refractivity contribution in [1.29, 1.82) is 0 Å². The molecule has 5 nitrogen and oxygen atoms in total. The van der Waals surface area contributed by atoms with E-state index in [2.05, 4.69) is 14.8 Å². The maximum absolute atomic E-state index is 13.3. The molecular formula is C13H7ClF3N3O2S. The first-order chi connectivity index (χ1) is 10.8. The number of ether oxygens (including phenoxy) is 1. The Morgan fingerprint density at radius 2 is 2.13 bits per heavy atom. The van der Waals surface area contributed by atoms with Crippen molar-refractivity contribution in [3.05, 3.63) is 40.0 Å². The summed E-state index contributed by atoms with van der Waals surface area (Å²) in [7, 11) is 1.12. The van der Waals surface area contributed by atoms with Crippen molar-refractivity contribution in [1.82, 2.24) is 14.6 Å². The number of halogens is 4. The minimum Gasteiger partial charge on any atom is -0.465 e. The molecule has 0 bridgehead atoms. The predicted octanol–water partition coefficient (Wildman–Crippen LogP) is 3.92. The van der Waals surface area contributed by atoms with E-state index in [1.54, 1.807) is 12.1 Å². The molecule has 23 heavy (non-hydrogen) atoms. The van der Waals surface area contributed by atoms with Crippen molar-refractivity contribution in [2.24, 2.45) is 0 Å². The van der Waals surface area contributed by atoms with Crippen LogP contribution in [0.4, 0.5) is 13.2 Å². The second-order valence-corrected chi connectivity index (χ2v) is 6.13. The van der Waals surface area contributed by atoms with Gasteiger partial charge in [0.25, 0.3) is 0 Å². The van der Waals surface area contributed by atoms with Gasteiger partial charge in [0.2, 0.25) is 0 Å². The summed E-state index contributed by atoms with van der Waals surface area (Å²) in [5, 5.41) is 3.60. The van der Waals surface area contributed by atoms with Crippen molar-refractivity contribution in [3.63, 3.8) is 0 Å². The molecule has 120 valence electrons. The summed E-state index contributed by atoms with van der Waals surface area (Å²) in [6.45, 7) is 0. The van der Waals surface area contributed by atoms with Gasteiger partial charge in [-0.05, 0) is 18.2 Å². The van der Waals surface area contributed by atoms with E-state index in [1.807, 2.05) is 0 Å². The Hall–Kier alpha value is -2.13. The lowest BCUT2D eigenvalue weighted by atomic mass is 10.2. The van der Waals surface area contributed by atoms with Gasteiger partial charge in [-0.25, -0.2) is 14.3 Å². The fourth-order valence-electron chi connectivity index (χ4n) is 2.00. The number of aromatic nitrogens is 3. The van der Waals surface area contributed by atoms with Gasteiger partial charge >= 0.3 is 12.1 Å². The summed E-state index contributed by atoms with van der Waals surface area (Å²) in [5.74, 6) is -0.818. The molecule has 0 atom stereocenters. The maximum atomic E-state index is 13.3. The van der Waals surface area contributed by atoms with Crippen molar-refractivity contribution in [3.8, 4) is 10.6 Å². The number of fused-ring (bicyclic) bond motifs is 1. The molecule has 3 rings (SSSR count). The van der Waals surface area contributed by atoms with Crippen molar-refractivity contribution < 1.29 is 22.7 Å². The molecule has 0 aromatic carbocycles. The normalized spacial score (nSPS) is 11.9. The number of nitrogens with zero attached hydrogens (tertiary/aromatic N) is 3. The molecule has 0 unspecified atom stereocenters. The molecular weight excluding hydrogens is 355 g/mol. The van der Waals surface area contributed by atoms with Crippen LogP contribution in [0.15, 0.2) is 24.4 Å². The maximum Gasteiger partial charge on any atom is 0.433 e. The zero-order valence-corrected chi connectivity index (χ0v) is 13.0. The van der Waals surface area contributed by atoms with Crippen molar-refractivity contribution in [2.45, 2.75) is 6.18 Å². The molecule has 0 spiro atoms. The van der Waals surface area contributed by atoms with E-state index in [-0.39, 0.29) is 16.9 Å². The molecule has 0 aliphatic carbocycles. The van der Waals surface area contributed by atoms with Crippen LogP contribution in [-0.2, 0) is 10.9 Å². The first kappa shape index (κ1) is 15.8. The number of rotatable bonds is 2. The van der Waals surface area contributed by atoms with Gasteiger partial charge in [-0.1, -0.05) is 11.6 Å². The van der Waals surface area contributed by atoms with E-state index in [4.69, 9.17) is 11.6 Å². The van der Waals surface area contributed by atoms with Crippen LogP contribution in [0.25, 0.3) is 16.2 Å². The van der Waals surface area contributed by atoms with Crippen LogP contribution in [0.3, 0.4) is 0 Å². The van der Waals surface area contributed by atoms with Crippen LogP contribution in [0.1, 0.15) is 16.1 Å². The molecule has 0 aliphatic heterocycles. The van der Waals surface area contributed by atoms with E-state index >= 15 is 0 Å². The highest BCUT2D eigenvalue weighted by Crippen LogP contribution is 2.35. The fraction of sp³-hybridized carbons (Fsp3) is 0.154. The SMILES string of the molecule is COC(=O)c1cnn2c(C(F)(F)F)cc(-c3ccc(Cl)s3)nc12. The lowest BCUT2D eigenvalue weighted by molar-refractivity contribution is -0.142. The van der Waals surface area contributed by atoms with E-state index in [9.17, 15) is 18.0 Å². The van der Waals surface area contributed by atoms with Gasteiger partial charge in [0, 0.05) is 0 Å². The molecule has 3 aromatic rings. The number of esters is 1. The van der Waals surface area contributed by atoms with Crippen LogP contribution in [-0.4, -0.2) is 27.7 Å². The van der Waals surface area contributed by atoms with Gasteiger partial charge < -0.3 is 4.74 Å². The molecule has 3 heterocycles. The Morgan fingerprint density at radius 1 is 1.39 bits per heavy atom. The molecule has 3 aromatic heterocycles. The summed E-state index contributed by atoms with van der Waals surface area (Å²) in [6, 6.07) is 3.97. The van der Waals surface area contributed by atoms with Crippen LogP contribution in [0, 0.1) is 0 Å². The average Bonchev–Trinajstić information content (AvgIpc) is 3.10. The molecule has 0 aliphatic rings. The van der Waals surface area contributed by atoms with Gasteiger partial charge in [0.1, 0.15) is 5.56 Å². The molecule has 0 radical (unpaired) electrons. The van der Waals surface area contributed by atoms with E-state index in [0.29, 0.717) is 13.7 Å². The quantitative estimate of drug-likeness (QED) is 0.649. The van der Waals surface area contributed by atoms with Crippen molar-refractivity contribution in [2.75, 3.05) is 7.11 Å². The third kappa shape index (κ3) is 2.77. The third-order valence-corrected chi connectivity index (χ3v) is 4.25. The largest absolute Gasteiger partial charge is 0.465 e. The van der Waals surface area contributed by atoms with Crippen LogP contribution in [0.5, 0.6) is 0 Å².